The number of nitrogens with zero attached hydrogens (tertiary/aromatic N) is 2. The Balaban J connectivity index is 1.29. The summed E-state index contributed by atoms with van der Waals surface area (Å²) in [7, 11) is 0. The van der Waals surface area contributed by atoms with E-state index in [-0.39, 0.29) is 33.8 Å². The van der Waals surface area contributed by atoms with E-state index in [1.807, 2.05) is 0 Å². The summed E-state index contributed by atoms with van der Waals surface area (Å²) in [5.74, 6) is 0.313. The highest BCUT2D eigenvalue weighted by Gasteiger charge is 2.46. The lowest BCUT2D eigenvalue weighted by Crippen LogP contribution is -2.61. The van der Waals surface area contributed by atoms with E-state index in [4.69, 9.17) is 0 Å². The van der Waals surface area contributed by atoms with Gasteiger partial charge in [-0.3, -0.25) is 0 Å². The summed E-state index contributed by atoms with van der Waals surface area (Å²) in [5, 5.41) is 0. The Hall–Kier alpha value is -5.80. The molecule has 0 fully saturated rings. The first-order valence-electron chi connectivity index (χ1n) is 25.8. The van der Waals surface area contributed by atoms with Gasteiger partial charge in [-0.25, -0.2) is 0 Å². The van der Waals surface area contributed by atoms with E-state index >= 15 is 0 Å². The largest absolute Gasteiger partial charge is 0.311 e. The van der Waals surface area contributed by atoms with Crippen LogP contribution < -0.4 is 26.2 Å². The maximum atomic E-state index is 2.70. The first-order valence-corrected chi connectivity index (χ1v) is 25.8. The molecule has 69 heavy (non-hydrogen) atoms. The molecule has 0 aromatic heterocycles. The summed E-state index contributed by atoms with van der Waals surface area (Å²) in [4.78, 5) is 5.31. The molecule has 0 saturated heterocycles. The van der Waals surface area contributed by atoms with Gasteiger partial charge in [0.05, 0.1) is 5.69 Å². The average molecular weight is 907 g/mol. The molecule has 0 saturated carbocycles. The monoisotopic (exact) mass is 907 g/mol. The maximum Gasteiger partial charge on any atom is 0.252 e. The van der Waals surface area contributed by atoms with Crippen LogP contribution in [0.25, 0.3) is 22.3 Å². The maximum absolute atomic E-state index is 2.70. The number of rotatable bonds is 5. The Morgan fingerprint density at radius 3 is 1.51 bits per heavy atom. The van der Waals surface area contributed by atoms with Crippen molar-refractivity contribution in [2.75, 3.05) is 9.80 Å². The minimum Gasteiger partial charge on any atom is -0.311 e. The third-order valence-corrected chi connectivity index (χ3v) is 15.6. The third kappa shape index (κ3) is 8.36. The van der Waals surface area contributed by atoms with Crippen LogP contribution in [-0.2, 0) is 34.5 Å². The van der Waals surface area contributed by atoms with E-state index in [9.17, 15) is 0 Å². The van der Waals surface area contributed by atoms with E-state index in [0.717, 1.165) is 12.8 Å². The Morgan fingerprint density at radius 1 is 0.435 bits per heavy atom. The molecular weight excluding hydrogens is 832 g/mol. The van der Waals surface area contributed by atoms with Crippen molar-refractivity contribution in [3.63, 3.8) is 0 Å². The van der Waals surface area contributed by atoms with Crippen molar-refractivity contribution >= 4 is 57.2 Å². The van der Waals surface area contributed by atoms with Gasteiger partial charge in [-0.15, -0.1) is 0 Å². The normalized spacial score (nSPS) is 15.3. The van der Waals surface area contributed by atoms with E-state index < -0.39 is 0 Å². The molecule has 2 nitrogen and oxygen atoms in total. The average Bonchev–Trinajstić information content (AvgIpc) is 3.59. The molecule has 0 N–H and O–H groups in total. The van der Waals surface area contributed by atoms with E-state index in [2.05, 4.69) is 254 Å². The summed E-state index contributed by atoms with van der Waals surface area (Å²) in [5.41, 5.74) is 26.7. The van der Waals surface area contributed by atoms with Crippen molar-refractivity contribution in [2.24, 2.45) is 5.41 Å². The Bertz CT molecular complexity index is 3140. The van der Waals surface area contributed by atoms with Crippen LogP contribution in [0.15, 0.2) is 133 Å². The summed E-state index contributed by atoms with van der Waals surface area (Å²) in [6.07, 6.45) is 2.16. The second-order valence-corrected chi connectivity index (χ2v) is 26.1. The standard InChI is InChI=1S/C66H75BN2/c1-41(2)45-34-59-61-60(35-45)69(56-30-26-50(64(9,10)11)37-53(56)44-19-17-18-43(32-44)42-20-22-48(23-21-42)62(3,4)5)58-36-47-40-66(15,16)39-46(47)33-54(58)67(61)55-38-51(65(12,13)14)27-31-57(55)68(59)52-28-24-49(25-29-52)63(6,7)8/h17-38,41H,39-40H2,1-16H3. The summed E-state index contributed by atoms with van der Waals surface area (Å²) < 4.78 is 0. The van der Waals surface area contributed by atoms with Crippen LogP contribution in [0.2, 0.25) is 0 Å². The molecule has 2 heterocycles. The van der Waals surface area contributed by atoms with Gasteiger partial charge in [-0.1, -0.05) is 190 Å². The van der Waals surface area contributed by atoms with Gasteiger partial charge >= 0.3 is 0 Å². The van der Waals surface area contributed by atoms with Crippen molar-refractivity contribution in [3.05, 3.63) is 172 Å². The molecule has 0 spiro atoms. The first-order chi connectivity index (χ1) is 32.3. The lowest BCUT2D eigenvalue weighted by Gasteiger charge is -2.45. The van der Waals surface area contributed by atoms with Crippen LogP contribution in [0.1, 0.15) is 156 Å². The fourth-order valence-corrected chi connectivity index (χ4v) is 11.5. The summed E-state index contributed by atoms with van der Waals surface area (Å²) in [6.45, 7) is 37.6. The third-order valence-electron chi connectivity index (χ3n) is 15.6. The Kier molecular flexibility index (Phi) is 11.0. The lowest BCUT2D eigenvalue weighted by atomic mass is 9.33. The topological polar surface area (TPSA) is 6.48 Å². The van der Waals surface area contributed by atoms with Gasteiger partial charge in [-0.05, 0) is 172 Å². The summed E-state index contributed by atoms with van der Waals surface area (Å²) >= 11 is 0. The molecular formula is C66H75BN2. The zero-order chi connectivity index (χ0) is 49.3. The van der Waals surface area contributed by atoms with Crippen LogP contribution in [-0.4, -0.2) is 6.71 Å². The highest BCUT2D eigenvalue weighted by molar-refractivity contribution is 7.00. The fourth-order valence-electron chi connectivity index (χ4n) is 11.5. The van der Waals surface area contributed by atoms with Crippen molar-refractivity contribution in [1.82, 2.24) is 0 Å². The van der Waals surface area contributed by atoms with Crippen molar-refractivity contribution in [3.8, 4) is 22.3 Å². The van der Waals surface area contributed by atoms with Crippen LogP contribution in [0, 0.1) is 5.41 Å². The van der Waals surface area contributed by atoms with Gasteiger partial charge in [0.1, 0.15) is 0 Å². The quantitative estimate of drug-likeness (QED) is 0.159. The number of anilines is 6. The second-order valence-electron chi connectivity index (χ2n) is 26.1. The van der Waals surface area contributed by atoms with Crippen molar-refractivity contribution in [1.29, 1.82) is 0 Å². The minimum absolute atomic E-state index is 0.0167. The van der Waals surface area contributed by atoms with E-state index in [1.165, 1.54) is 112 Å². The molecule has 3 heteroatoms. The predicted octanol–water partition coefficient (Wildman–Crippen LogP) is 16.5. The minimum atomic E-state index is -0.0424. The molecule has 0 unspecified atom stereocenters. The number of benzene rings is 7. The smallest absolute Gasteiger partial charge is 0.252 e. The van der Waals surface area contributed by atoms with E-state index in [1.54, 1.807) is 0 Å². The van der Waals surface area contributed by atoms with Crippen LogP contribution in [0.4, 0.5) is 34.1 Å². The van der Waals surface area contributed by atoms with Gasteiger partial charge in [0.15, 0.2) is 0 Å². The van der Waals surface area contributed by atoms with Crippen LogP contribution >= 0.6 is 0 Å². The van der Waals surface area contributed by atoms with Gasteiger partial charge in [0.2, 0.25) is 0 Å². The molecule has 0 amide bonds. The van der Waals surface area contributed by atoms with Gasteiger partial charge in [0.25, 0.3) is 6.71 Å². The fraction of sp³-hybridized carbons (Fsp3) is 0.364. The number of hydrogen-bond donors (Lipinski definition) is 0. The Labute approximate surface area is 416 Å². The molecule has 0 radical (unpaired) electrons. The van der Waals surface area contributed by atoms with Gasteiger partial charge < -0.3 is 9.80 Å². The molecule has 2 aliphatic heterocycles. The zero-order valence-electron chi connectivity index (χ0n) is 44.7. The van der Waals surface area contributed by atoms with Gasteiger partial charge in [-0.2, -0.15) is 0 Å². The second kappa shape index (κ2) is 16.1. The SMILES string of the molecule is CC(C)c1cc2c3c(c1)N(c1ccc(C(C)(C)C)cc1-c1cccc(-c4ccc(C(C)(C)C)cc4)c1)c1cc4c(cc1B3c1cc(C(C)(C)C)ccc1N2c1ccc(C(C)(C)C)cc1)CC(C)(C)C4. The molecule has 7 aromatic rings. The predicted molar refractivity (Wildman–Crippen MR) is 301 cm³/mol. The molecule has 0 bridgehead atoms. The zero-order valence-corrected chi connectivity index (χ0v) is 44.7. The van der Waals surface area contributed by atoms with Crippen LogP contribution in [0.5, 0.6) is 0 Å². The highest BCUT2D eigenvalue weighted by Crippen LogP contribution is 2.50. The van der Waals surface area contributed by atoms with Crippen molar-refractivity contribution in [2.45, 2.75) is 151 Å². The summed E-state index contributed by atoms with van der Waals surface area (Å²) in [6, 6.07) is 53.1. The van der Waals surface area contributed by atoms with Crippen molar-refractivity contribution < 1.29 is 0 Å². The molecule has 7 aromatic carbocycles. The molecule has 1 aliphatic carbocycles. The molecule has 352 valence electrons. The molecule has 10 rings (SSSR count). The number of fused-ring (bicyclic) bond motifs is 5. The highest BCUT2D eigenvalue weighted by atomic mass is 15.2. The lowest BCUT2D eigenvalue weighted by molar-refractivity contribution is 0.392. The molecule has 0 atom stereocenters. The van der Waals surface area contributed by atoms with E-state index in [0.29, 0.717) is 5.92 Å². The number of hydrogen-bond acceptors (Lipinski definition) is 2. The first kappa shape index (κ1) is 46.9. The van der Waals surface area contributed by atoms with Crippen LogP contribution in [0.3, 0.4) is 0 Å². The Morgan fingerprint density at radius 2 is 0.928 bits per heavy atom. The van der Waals surface area contributed by atoms with Gasteiger partial charge in [0, 0.05) is 34.0 Å². The molecule has 3 aliphatic rings.